The summed E-state index contributed by atoms with van der Waals surface area (Å²) in [5, 5.41) is 2.70. The topological polar surface area (TPSA) is 72.5 Å². The molecule has 3 aromatic rings. The van der Waals surface area contributed by atoms with Crippen LogP contribution in [-0.4, -0.2) is 20.9 Å². The molecule has 1 amide bonds. The van der Waals surface area contributed by atoms with Crippen molar-refractivity contribution in [2.75, 3.05) is 6.54 Å². The minimum absolute atomic E-state index is 0.110. The quantitative estimate of drug-likeness (QED) is 0.520. The van der Waals surface area contributed by atoms with Crippen LogP contribution in [0.15, 0.2) is 70.9 Å². The lowest BCUT2D eigenvalue weighted by Crippen LogP contribution is -2.22. The van der Waals surface area contributed by atoms with Gasteiger partial charge in [-0.1, -0.05) is 56.3 Å². The van der Waals surface area contributed by atoms with Gasteiger partial charge in [-0.2, -0.15) is 8.42 Å². The number of hydrogen-bond donors (Lipinski definition) is 1. The number of rotatable bonds is 8. The summed E-state index contributed by atoms with van der Waals surface area (Å²) in [4.78, 5) is 11.8. The zero-order valence-electron chi connectivity index (χ0n) is 17.2. The van der Waals surface area contributed by atoms with Gasteiger partial charge in [0.1, 0.15) is 5.75 Å². The van der Waals surface area contributed by atoms with Gasteiger partial charge in [0.2, 0.25) is 5.91 Å². The van der Waals surface area contributed by atoms with Crippen LogP contribution in [0.3, 0.4) is 0 Å². The predicted octanol–water partition coefficient (Wildman–Crippen LogP) is 4.52. The van der Waals surface area contributed by atoms with Crippen LogP contribution < -0.4 is 9.50 Å². The lowest BCUT2D eigenvalue weighted by Gasteiger charge is -2.26. The molecular weight excluding hydrogens is 418 g/mol. The first-order valence-electron chi connectivity index (χ1n) is 9.62. The van der Waals surface area contributed by atoms with E-state index >= 15 is 0 Å². The molecule has 2 aromatic carbocycles. The summed E-state index contributed by atoms with van der Waals surface area (Å²) in [6, 6.07) is 20.6. The molecule has 1 aromatic heterocycles. The Labute approximate surface area is 181 Å². The van der Waals surface area contributed by atoms with Crippen LogP contribution in [0.25, 0.3) is 0 Å². The Kier molecular flexibility index (Phi) is 6.63. The average molecular weight is 444 g/mol. The van der Waals surface area contributed by atoms with Gasteiger partial charge in [-0.25, -0.2) is 0 Å². The monoisotopic (exact) mass is 443 g/mol. The zero-order valence-corrected chi connectivity index (χ0v) is 18.8. The lowest BCUT2D eigenvalue weighted by molar-refractivity contribution is -0.118. The maximum absolute atomic E-state index is 12.6. The summed E-state index contributed by atoms with van der Waals surface area (Å²) in [5.74, 6) is 0.164. The van der Waals surface area contributed by atoms with Crippen LogP contribution in [0.4, 0.5) is 0 Å². The van der Waals surface area contributed by atoms with Gasteiger partial charge in [0, 0.05) is 23.8 Å². The molecule has 158 valence electrons. The van der Waals surface area contributed by atoms with Gasteiger partial charge in [0.25, 0.3) is 0 Å². The summed E-state index contributed by atoms with van der Waals surface area (Å²) in [6.45, 7) is 6.17. The Morgan fingerprint density at radius 3 is 2.23 bits per heavy atom. The third-order valence-electron chi connectivity index (χ3n) is 4.91. The van der Waals surface area contributed by atoms with Gasteiger partial charge in [-0.05, 0) is 41.8 Å². The molecule has 0 saturated carbocycles. The van der Waals surface area contributed by atoms with E-state index < -0.39 is 10.1 Å². The molecule has 0 aliphatic heterocycles. The third kappa shape index (κ3) is 5.29. The molecule has 0 radical (unpaired) electrons. The fraction of sp³-hybridized carbons (Fsp3) is 0.261. The maximum atomic E-state index is 12.6. The molecule has 0 fully saturated rings. The van der Waals surface area contributed by atoms with Crippen LogP contribution in [0.5, 0.6) is 5.75 Å². The van der Waals surface area contributed by atoms with Gasteiger partial charge in [-0.15, -0.1) is 11.3 Å². The van der Waals surface area contributed by atoms with E-state index in [2.05, 4.69) is 31.3 Å². The summed E-state index contributed by atoms with van der Waals surface area (Å²) < 4.78 is 30.7. The second-order valence-corrected chi connectivity index (χ2v) is 10.4. The van der Waals surface area contributed by atoms with Crippen molar-refractivity contribution < 1.29 is 17.4 Å². The lowest BCUT2D eigenvalue weighted by atomic mass is 9.78. The number of amides is 1. The van der Waals surface area contributed by atoms with Crippen LogP contribution in [0.2, 0.25) is 0 Å². The number of benzene rings is 2. The van der Waals surface area contributed by atoms with E-state index in [-0.39, 0.29) is 21.3 Å². The van der Waals surface area contributed by atoms with E-state index in [1.54, 1.807) is 18.2 Å². The summed E-state index contributed by atoms with van der Waals surface area (Å²) in [7, 11) is -3.90. The Bertz CT molecular complexity index is 1100. The van der Waals surface area contributed by atoms with E-state index in [0.717, 1.165) is 21.8 Å². The Morgan fingerprint density at radius 2 is 1.60 bits per heavy atom. The highest BCUT2D eigenvalue weighted by Crippen LogP contribution is 2.33. The summed E-state index contributed by atoms with van der Waals surface area (Å²) >= 11 is 1.15. The summed E-state index contributed by atoms with van der Waals surface area (Å²) in [5.41, 5.74) is 2.03. The highest BCUT2D eigenvalue weighted by Gasteiger charge is 2.24. The van der Waals surface area contributed by atoms with Crippen molar-refractivity contribution in [3.8, 4) is 5.75 Å². The molecule has 0 aliphatic carbocycles. The van der Waals surface area contributed by atoms with Crippen LogP contribution >= 0.6 is 11.3 Å². The smallest absolute Gasteiger partial charge is 0.348 e. The van der Waals surface area contributed by atoms with E-state index in [0.29, 0.717) is 13.0 Å². The van der Waals surface area contributed by atoms with Gasteiger partial charge in [0.15, 0.2) is 4.21 Å². The van der Waals surface area contributed by atoms with Crippen molar-refractivity contribution in [2.24, 2.45) is 0 Å². The standard InChI is InChI=1S/C23H25NO4S2/c1-17(25)24-16-15-21-13-14-22(29-21)30(26,27)28-20-11-9-19(10-12-20)23(2,3)18-7-5-4-6-8-18/h4-14H,15-16H2,1-3H3,(H,24,25). The molecule has 7 heteroatoms. The third-order valence-corrected chi connectivity index (χ3v) is 7.75. The SMILES string of the molecule is CC(=O)NCCc1ccc(S(=O)(=O)Oc2ccc(C(C)(C)c3ccccc3)cc2)s1. The molecule has 0 spiro atoms. The number of nitrogens with one attached hydrogen (secondary N) is 1. The molecule has 30 heavy (non-hydrogen) atoms. The van der Waals surface area contributed by atoms with Crippen molar-refractivity contribution >= 4 is 27.4 Å². The molecule has 0 unspecified atom stereocenters. The second-order valence-electron chi connectivity index (χ2n) is 7.51. The molecular formula is C23H25NO4S2. The Morgan fingerprint density at radius 1 is 0.967 bits per heavy atom. The first kappa shape index (κ1) is 22.1. The fourth-order valence-electron chi connectivity index (χ4n) is 3.11. The minimum atomic E-state index is -3.90. The largest absolute Gasteiger partial charge is 0.378 e. The fourth-order valence-corrected chi connectivity index (χ4v) is 5.35. The van der Waals surface area contributed by atoms with E-state index in [9.17, 15) is 13.2 Å². The van der Waals surface area contributed by atoms with Gasteiger partial charge < -0.3 is 9.50 Å². The Balaban J connectivity index is 1.70. The highest BCUT2D eigenvalue weighted by atomic mass is 32.3. The summed E-state index contributed by atoms with van der Waals surface area (Å²) in [6.07, 6.45) is 0.572. The predicted molar refractivity (Wildman–Crippen MR) is 120 cm³/mol. The number of carbonyl (C=O) groups is 1. The molecule has 1 heterocycles. The molecule has 5 nitrogen and oxygen atoms in total. The molecule has 0 atom stereocenters. The maximum Gasteiger partial charge on any atom is 0.348 e. The van der Waals surface area contributed by atoms with Gasteiger partial charge in [-0.3, -0.25) is 4.79 Å². The van der Waals surface area contributed by atoms with E-state index in [4.69, 9.17) is 4.18 Å². The van der Waals surface area contributed by atoms with Crippen LogP contribution in [-0.2, 0) is 26.7 Å². The van der Waals surface area contributed by atoms with Crippen molar-refractivity contribution in [1.82, 2.24) is 5.32 Å². The van der Waals surface area contributed by atoms with E-state index in [1.807, 2.05) is 30.3 Å². The molecule has 3 rings (SSSR count). The van der Waals surface area contributed by atoms with E-state index in [1.165, 1.54) is 18.6 Å². The first-order valence-corrected chi connectivity index (χ1v) is 11.8. The molecule has 0 aliphatic rings. The highest BCUT2D eigenvalue weighted by molar-refractivity contribution is 7.89. The van der Waals surface area contributed by atoms with Gasteiger partial charge >= 0.3 is 10.1 Å². The van der Waals surface area contributed by atoms with Crippen molar-refractivity contribution in [1.29, 1.82) is 0 Å². The molecule has 0 bridgehead atoms. The molecule has 0 saturated heterocycles. The number of thiophene rings is 1. The average Bonchev–Trinajstić information content (AvgIpc) is 3.18. The normalized spacial score (nSPS) is 11.8. The van der Waals surface area contributed by atoms with Gasteiger partial charge in [0.05, 0.1) is 0 Å². The van der Waals surface area contributed by atoms with Crippen molar-refractivity contribution in [2.45, 2.75) is 36.8 Å². The van der Waals surface area contributed by atoms with Crippen molar-refractivity contribution in [3.05, 3.63) is 82.7 Å². The Hall–Kier alpha value is -2.64. The minimum Gasteiger partial charge on any atom is -0.378 e. The van der Waals surface area contributed by atoms with Crippen LogP contribution in [0, 0.1) is 0 Å². The second kappa shape index (κ2) is 9.02. The molecule has 1 N–H and O–H groups in total. The number of hydrogen-bond acceptors (Lipinski definition) is 5. The van der Waals surface area contributed by atoms with Crippen molar-refractivity contribution in [3.63, 3.8) is 0 Å². The zero-order chi connectivity index (χ0) is 21.8. The first-order chi connectivity index (χ1) is 14.2. The van der Waals surface area contributed by atoms with Crippen LogP contribution in [0.1, 0.15) is 36.8 Å². The number of carbonyl (C=O) groups excluding carboxylic acids is 1.